The fourth-order valence-electron chi connectivity index (χ4n) is 3.77. The number of nitrogens with two attached hydrogens (primary N) is 1. The van der Waals surface area contributed by atoms with Gasteiger partial charge in [0.05, 0.1) is 23.1 Å². The lowest BCUT2D eigenvalue weighted by Crippen LogP contribution is -2.40. The molecular weight excluding hydrogens is 404 g/mol. The predicted octanol–water partition coefficient (Wildman–Crippen LogP) is 4.50. The highest BCUT2D eigenvalue weighted by molar-refractivity contribution is 9.10. The van der Waals surface area contributed by atoms with Gasteiger partial charge in [-0.25, -0.2) is 4.98 Å². The van der Waals surface area contributed by atoms with Crippen molar-refractivity contribution < 1.29 is 14.3 Å². The van der Waals surface area contributed by atoms with E-state index >= 15 is 0 Å². The zero-order chi connectivity index (χ0) is 17.6. The van der Waals surface area contributed by atoms with E-state index in [1.54, 1.807) is 0 Å². The fourth-order valence-corrected chi connectivity index (χ4v) is 5.14. The summed E-state index contributed by atoms with van der Waals surface area (Å²) >= 11 is 5.01. The maximum absolute atomic E-state index is 12.1. The number of aromatic nitrogens is 1. The number of hydrogen-bond donors (Lipinski definition) is 1. The number of nitrogens with zero attached hydrogens (tertiary/aromatic N) is 1. The molecular formula is C18H19BrN2O3S. The zero-order valence-electron chi connectivity index (χ0n) is 13.9. The van der Waals surface area contributed by atoms with Crippen LogP contribution in [0.5, 0.6) is 5.75 Å². The number of carbonyl (C=O) groups excluding carboxylic acids is 1. The fraction of sp³-hybridized carbons (Fsp3) is 0.444. The SMILES string of the molecule is CCOC(=O)C1CCC2(CC1)Oc1cc(Br)ccc1-c1nc(N)sc12. The Morgan fingerprint density at radius 2 is 2.24 bits per heavy atom. The van der Waals surface area contributed by atoms with Crippen LogP contribution in [0, 0.1) is 5.92 Å². The van der Waals surface area contributed by atoms with Crippen LogP contribution in [-0.2, 0) is 15.1 Å². The largest absolute Gasteiger partial charge is 0.481 e. The highest BCUT2D eigenvalue weighted by atomic mass is 79.9. The van der Waals surface area contributed by atoms with Gasteiger partial charge >= 0.3 is 5.97 Å². The summed E-state index contributed by atoms with van der Waals surface area (Å²) in [5.74, 6) is 0.675. The Morgan fingerprint density at radius 3 is 2.96 bits per heavy atom. The average molecular weight is 423 g/mol. The van der Waals surface area contributed by atoms with Crippen LogP contribution in [0.2, 0.25) is 0 Å². The van der Waals surface area contributed by atoms with Crippen LogP contribution in [0.3, 0.4) is 0 Å². The van der Waals surface area contributed by atoms with E-state index in [1.807, 2.05) is 25.1 Å². The van der Waals surface area contributed by atoms with E-state index in [0.29, 0.717) is 11.7 Å². The van der Waals surface area contributed by atoms with Gasteiger partial charge in [-0.15, -0.1) is 0 Å². The number of rotatable bonds is 2. The highest BCUT2D eigenvalue weighted by Crippen LogP contribution is 2.54. The Hall–Kier alpha value is -1.60. The summed E-state index contributed by atoms with van der Waals surface area (Å²) in [6.07, 6.45) is 3.02. The highest BCUT2D eigenvalue weighted by Gasteiger charge is 2.47. The minimum atomic E-state index is -0.443. The van der Waals surface area contributed by atoms with E-state index in [-0.39, 0.29) is 11.9 Å². The molecule has 0 radical (unpaired) electrons. The molecule has 2 N–H and O–H groups in total. The van der Waals surface area contributed by atoms with Gasteiger partial charge in [0.15, 0.2) is 5.13 Å². The van der Waals surface area contributed by atoms with Crippen molar-refractivity contribution in [2.24, 2.45) is 5.92 Å². The van der Waals surface area contributed by atoms with Crippen molar-refractivity contribution in [3.63, 3.8) is 0 Å². The molecule has 1 aliphatic heterocycles. The Bertz CT molecular complexity index is 828. The van der Waals surface area contributed by atoms with Gasteiger partial charge < -0.3 is 15.2 Å². The van der Waals surface area contributed by atoms with Crippen molar-refractivity contribution >= 4 is 38.4 Å². The van der Waals surface area contributed by atoms with E-state index in [0.717, 1.165) is 52.0 Å². The first-order chi connectivity index (χ1) is 12.0. The first-order valence-electron chi connectivity index (χ1n) is 8.45. The molecule has 1 fully saturated rings. The molecule has 0 atom stereocenters. The van der Waals surface area contributed by atoms with Crippen molar-refractivity contribution in [1.82, 2.24) is 4.98 Å². The molecule has 132 valence electrons. The summed E-state index contributed by atoms with van der Waals surface area (Å²) in [4.78, 5) is 17.7. The number of fused-ring (bicyclic) bond motifs is 4. The minimum Gasteiger partial charge on any atom is -0.481 e. The quantitative estimate of drug-likeness (QED) is 0.721. The Balaban J connectivity index is 1.69. The van der Waals surface area contributed by atoms with Gasteiger partial charge in [0.2, 0.25) is 0 Å². The maximum Gasteiger partial charge on any atom is 0.308 e. The molecule has 1 aromatic carbocycles. The van der Waals surface area contributed by atoms with Crippen molar-refractivity contribution in [2.75, 3.05) is 12.3 Å². The van der Waals surface area contributed by atoms with Gasteiger partial charge in [-0.1, -0.05) is 27.3 Å². The van der Waals surface area contributed by atoms with Crippen LogP contribution in [0.25, 0.3) is 11.3 Å². The average Bonchev–Trinajstić information content (AvgIpc) is 2.98. The number of ether oxygens (including phenoxy) is 2. The van der Waals surface area contributed by atoms with E-state index in [1.165, 1.54) is 11.3 Å². The second-order valence-electron chi connectivity index (χ2n) is 6.49. The first-order valence-corrected chi connectivity index (χ1v) is 10.1. The molecule has 0 unspecified atom stereocenters. The topological polar surface area (TPSA) is 74.4 Å². The Labute approximate surface area is 158 Å². The molecule has 2 aliphatic rings. The van der Waals surface area contributed by atoms with E-state index < -0.39 is 5.60 Å². The lowest BCUT2D eigenvalue weighted by molar-refractivity contribution is -0.150. The number of halogens is 1. The molecule has 0 saturated heterocycles. The number of hydrogen-bond acceptors (Lipinski definition) is 6. The number of carbonyl (C=O) groups is 1. The smallest absolute Gasteiger partial charge is 0.308 e. The summed E-state index contributed by atoms with van der Waals surface area (Å²) in [5.41, 5.74) is 7.47. The number of anilines is 1. The number of nitrogen functional groups attached to an aromatic ring is 1. The molecule has 2 heterocycles. The molecule has 1 aromatic heterocycles. The van der Waals surface area contributed by atoms with Crippen molar-refractivity contribution in [3.05, 3.63) is 27.5 Å². The van der Waals surface area contributed by atoms with Crippen LogP contribution < -0.4 is 10.5 Å². The second-order valence-corrected chi connectivity index (χ2v) is 8.44. The molecule has 1 saturated carbocycles. The third-order valence-corrected chi connectivity index (χ3v) is 6.54. The van der Waals surface area contributed by atoms with Gasteiger partial charge in [-0.3, -0.25) is 4.79 Å². The predicted molar refractivity (Wildman–Crippen MR) is 101 cm³/mol. The monoisotopic (exact) mass is 422 g/mol. The van der Waals surface area contributed by atoms with E-state index in [2.05, 4.69) is 20.9 Å². The Morgan fingerprint density at radius 1 is 1.48 bits per heavy atom. The summed E-state index contributed by atoms with van der Waals surface area (Å²) in [6.45, 7) is 2.27. The number of thiazole rings is 1. The molecule has 4 rings (SSSR count). The van der Waals surface area contributed by atoms with Crippen LogP contribution >= 0.6 is 27.3 Å². The maximum atomic E-state index is 12.1. The van der Waals surface area contributed by atoms with Crippen LogP contribution in [0.15, 0.2) is 22.7 Å². The summed E-state index contributed by atoms with van der Waals surface area (Å²) in [6, 6.07) is 5.97. The summed E-state index contributed by atoms with van der Waals surface area (Å²) in [5, 5.41) is 0.552. The molecule has 1 aliphatic carbocycles. The molecule has 0 amide bonds. The molecule has 2 aromatic rings. The zero-order valence-corrected chi connectivity index (χ0v) is 16.3. The normalized spacial score (nSPS) is 24.3. The van der Waals surface area contributed by atoms with Crippen LogP contribution in [0.1, 0.15) is 37.5 Å². The van der Waals surface area contributed by atoms with Gasteiger partial charge in [-0.2, -0.15) is 0 Å². The van der Waals surface area contributed by atoms with Crippen molar-refractivity contribution in [1.29, 1.82) is 0 Å². The number of esters is 1. The standard InChI is InChI=1S/C18H19BrN2O3S/c1-2-23-16(22)10-5-7-18(8-6-10)15-14(21-17(20)25-15)12-4-3-11(19)9-13(12)24-18/h3-4,9-10H,2,5-8H2,1H3,(H2,20,21). The Kier molecular flexibility index (Phi) is 4.24. The first kappa shape index (κ1) is 16.8. The van der Waals surface area contributed by atoms with E-state index in [4.69, 9.17) is 15.2 Å². The third-order valence-electron chi connectivity index (χ3n) is 4.97. The van der Waals surface area contributed by atoms with Gasteiger partial charge in [0.1, 0.15) is 11.4 Å². The summed E-state index contributed by atoms with van der Waals surface area (Å²) in [7, 11) is 0. The van der Waals surface area contributed by atoms with Crippen molar-refractivity contribution in [2.45, 2.75) is 38.2 Å². The molecule has 0 bridgehead atoms. The van der Waals surface area contributed by atoms with Gasteiger partial charge in [-0.05, 0) is 50.8 Å². The molecule has 1 spiro atoms. The van der Waals surface area contributed by atoms with Crippen LogP contribution in [-0.4, -0.2) is 17.6 Å². The second kappa shape index (κ2) is 6.29. The lowest BCUT2D eigenvalue weighted by Gasteiger charge is -2.42. The molecule has 5 nitrogen and oxygen atoms in total. The molecule has 25 heavy (non-hydrogen) atoms. The summed E-state index contributed by atoms with van der Waals surface area (Å²) < 4.78 is 12.7. The van der Waals surface area contributed by atoms with E-state index in [9.17, 15) is 4.79 Å². The van der Waals surface area contributed by atoms with Crippen molar-refractivity contribution in [3.8, 4) is 17.0 Å². The van der Waals surface area contributed by atoms with Gasteiger partial charge in [0, 0.05) is 10.0 Å². The molecule has 7 heteroatoms. The minimum absolute atomic E-state index is 0.0493. The lowest BCUT2D eigenvalue weighted by atomic mass is 9.76. The van der Waals surface area contributed by atoms with Gasteiger partial charge in [0.25, 0.3) is 0 Å². The number of benzene rings is 1. The van der Waals surface area contributed by atoms with Crippen LogP contribution in [0.4, 0.5) is 5.13 Å². The third kappa shape index (κ3) is 2.83.